The molecule has 0 radical (unpaired) electrons. The van der Waals surface area contributed by atoms with E-state index in [9.17, 15) is 8.42 Å². The zero-order valence-electron chi connectivity index (χ0n) is 7.56. The molecule has 1 N–H and O–H groups in total. The highest BCUT2D eigenvalue weighted by Gasteiger charge is 2.04. The predicted molar refractivity (Wildman–Crippen MR) is 41.7 cm³/mol. The van der Waals surface area contributed by atoms with Crippen LogP contribution in [0.1, 0.15) is 8.30 Å². The van der Waals surface area contributed by atoms with E-state index in [-0.39, 0.29) is 5.56 Å². The summed E-state index contributed by atoms with van der Waals surface area (Å²) in [5.41, 5.74) is -2.83. The van der Waals surface area contributed by atoms with Gasteiger partial charge < -0.3 is 0 Å². The van der Waals surface area contributed by atoms with Crippen LogP contribution in [0.5, 0.6) is 0 Å². The summed E-state index contributed by atoms with van der Waals surface area (Å²) in [5.74, 6) is 0. The number of benzene rings is 1. The van der Waals surface area contributed by atoms with Gasteiger partial charge in [0, 0.05) is 0 Å². The topological polar surface area (TPSA) is 54.4 Å². The second kappa shape index (κ2) is 3.02. The van der Waals surface area contributed by atoms with Crippen LogP contribution in [0.2, 0.25) is 0 Å². The molecular formula is C7H8O3S. The second-order valence-electron chi connectivity index (χ2n) is 1.94. The van der Waals surface area contributed by atoms with Gasteiger partial charge in [0.05, 0.1) is 2.74 Å². The molecule has 1 rings (SSSR count). The first-order chi connectivity index (χ1) is 5.86. The molecule has 0 aliphatic rings. The molecule has 1 aromatic carbocycles. The summed E-state index contributed by atoms with van der Waals surface area (Å²) < 4.78 is 44.2. The first kappa shape index (κ1) is 5.74. The van der Waals surface area contributed by atoms with E-state index in [1.807, 2.05) is 0 Å². The molecule has 0 heterocycles. The SMILES string of the molecule is [2H]C([2H])(c1ccccc1)S(=O)(=O)O. The molecule has 60 valence electrons. The van der Waals surface area contributed by atoms with Crippen molar-refractivity contribution in [2.45, 2.75) is 5.70 Å². The fourth-order valence-corrected chi connectivity index (χ4v) is 1.09. The van der Waals surface area contributed by atoms with Gasteiger partial charge in [-0.1, -0.05) is 30.3 Å². The van der Waals surface area contributed by atoms with E-state index in [0.717, 1.165) is 0 Å². The van der Waals surface area contributed by atoms with E-state index in [1.165, 1.54) is 24.3 Å². The Morgan fingerprint density at radius 2 is 1.91 bits per heavy atom. The molecule has 0 aliphatic heterocycles. The summed E-state index contributed by atoms with van der Waals surface area (Å²) in [6.45, 7) is 0. The van der Waals surface area contributed by atoms with Crippen molar-refractivity contribution in [2.24, 2.45) is 0 Å². The van der Waals surface area contributed by atoms with Crippen molar-refractivity contribution in [1.29, 1.82) is 0 Å². The molecule has 0 amide bonds. The van der Waals surface area contributed by atoms with Gasteiger partial charge in [0.15, 0.2) is 0 Å². The molecule has 0 spiro atoms. The van der Waals surface area contributed by atoms with Gasteiger partial charge in [-0.2, -0.15) is 8.42 Å². The van der Waals surface area contributed by atoms with Crippen molar-refractivity contribution >= 4 is 10.1 Å². The van der Waals surface area contributed by atoms with Crippen LogP contribution in [0.25, 0.3) is 0 Å². The Balaban J connectivity index is 3.24. The van der Waals surface area contributed by atoms with Crippen LogP contribution in [0.3, 0.4) is 0 Å². The van der Waals surface area contributed by atoms with Crippen molar-refractivity contribution in [3.05, 3.63) is 35.9 Å². The Hall–Kier alpha value is -0.870. The van der Waals surface area contributed by atoms with Crippen LogP contribution in [0.15, 0.2) is 30.3 Å². The van der Waals surface area contributed by atoms with Crippen LogP contribution in [0.4, 0.5) is 0 Å². The van der Waals surface area contributed by atoms with Gasteiger partial charge in [-0.3, -0.25) is 4.55 Å². The molecule has 0 saturated heterocycles. The zero-order valence-corrected chi connectivity index (χ0v) is 6.38. The molecule has 0 aromatic heterocycles. The molecule has 0 fully saturated rings. The minimum absolute atomic E-state index is 0.0856. The maximum atomic E-state index is 10.6. The molecular weight excluding hydrogens is 164 g/mol. The summed E-state index contributed by atoms with van der Waals surface area (Å²) >= 11 is 0. The number of hydrogen-bond acceptors (Lipinski definition) is 2. The quantitative estimate of drug-likeness (QED) is 0.682. The lowest BCUT2D eigenvalue weighted by Gasteiger charge is -1.95. The molecule has 3 nitrogen and oxygen atoms in total. The van der Waals surface area contributed by atoms with E-state index in [1.54, 1.807) is 6.07 Å². The van der Waals surface area contributed by atoms with E-state index in [0.29, 0.717) is 0 Å². The van der Waals surface area contributed by atoms with Crippen molar-refractivity contribution in [2.75, 3.05) is 0 Å². The molecule has 11 heavy (non-hydrogen) atoms. The highest BCUT2D eigenvalue weighted by molar-refractivity contribution is 7.85. The fraction of sp³-hybridized carbons (Fsp3) is 0.143. The van der Waals surface area contributed by atoms with Crippen molar-refractivity contribution in [1.82, 2.24) is 0 Å². The third-order valence-corrected chi connectivity index (χ3v) is 1.51. The van der Waals surface area contributed by atoms with Gasteiger partial charge >= 0.3 is 0 Å². The maximum Gasteiger partial charge on any atom is 0.269 e. The van der Waals surface area contributed by atoms with Crippen molar-refractivity contribution < 1.29 is 15.7 Å². The minimum atomic E-state index is -4.72. The highest BCUT2D eigenvalue weighted by atomic mass is 32.2. The summed E-state index contributed by atoms with van der Waals surface area (Å²) in [6.07, 6.45) is 0. The summed E-state index contributed by atoms with van der Waals surface area (Å²) in [5, 5.41) is 0. The molecule has 0 unspecified atom stereocenters. The normalized spacial score (nSPS) is 15.4. The summed E-state index contributed by atoms with van der Waals surface area (Å²) in [6, 6.07) is 7.22. The third kappa shape index (κ3) is 3.15. The Morgan fingerprint density at radius 3 is 2.36 bits per heavy atom. The highest BCUT2D eigenvalue weighted by Crippen LogP contribution is 2.02. The smallest absolute Gasteiger partial charge is 0.269 e. The van der Waals surface area contributed by atoms with Gasteiger partial charge in [0.1, 0.15) is 5.70 Å². The summed E-state index contributed by atoms with van der Waals surface area (Å²) in [4.78, 5) is 0. The summed E-state index contributed by atoms with van der Waals surface area (Å²) in [7, 11) is -4.72. The monoisotopic (exact) mass is 174 g/mol. The number of hydrogen-bond donors (Lipinski definition) is 1. The Morgan fingerprint density at radius 1 is 1.36 bits per heavy atom. The molecule has 0 aliphatic carbocycles. The van der Waals surface area contributed by atoms with Gasteiger partial charge in [0.2, 0.25) is 0 Å². The molecule has 0 saturated carbocycles. The van der Waals surface area contributed by atoms with E-state index < -0.39 is 15.8 Å². The zero-order chi connectivity index (χ0) is 10.1. The lowest BCUT2D eigenvalue weighted by molar-refractivity contribution is 0.482. The number of rotatable bonds is 2. The van der Waals surface area contributed by atoms with Crippen molar-refractivity contribution in [3.8, 4) is 0 Å². The van der Waals surface area contributed by atoms with E-state index in [2.05, 4.69) is 0 Å². The van der Waals surface area contributed by atoms with Gasteiger partial charge in [-0.05, 0) is 5.56 Å². The third-order valence-electron chi connectivity index (χ3n) is 1.02. The van der Waals surface area contributed by atoms with E-state index >= 15 is 0 Å². The predicted octanol–water partition coefficient (Wildman–Crippen LogP) is 1.07. The van der Waals surface area contributed by atoms with Crippen LogP contribution in [-0.4, -0.2) is 13.0 Å². The largest absolute Gasteiger partial charge is 0.285 e. The molecule has 1 aromatic rings. The first-order valence-electron chi connectivity index (χ1n) is 3.88. The maximum absolute atomic E-state index is 10.6. The van der Waals surface area contributed by atoms with Gasteiger partial charge in [0.25, 0.3) is 10.1 Å². The molecule has 0 atom stereocenters. The molecule has 0 bridgehead atoms. The molecule has 4 heteroatoms. The van der Waals surface area contributed by atoms with Crippen LogP contribution in [0, 0.1) is 0 Å². The van der Waals surface area contributed by atoms with Crippen LogP contribution >= 0.6 is 0 Å². The second-order valence-corrected chi connectivity index (χ2v) is 3.10. The van der Waals surface area contributed by atoms with Gasteiger partial charge in [-0.15, -0.1) is 0 Å². The Labute approximate surface area is 68.2 Å². The standard InChI is InChI=1S/C7H8O3S/c8-11(9,10)6-7-4-2-1-3-5-7/h1-5H,6H2,(H,8,9,10)/i6D2. The fourth-order valence-electron chi connectivity index (χ4n) is 0.655. The van der Waals surface area contributed by atoms with Crippen molar-refractivity contribution in [3.63, 3.8) is 0 Å². The lowest BCUT2D eigenvalue weighted by atomic mass is 10.2. The average molecular weight is 174 g/mol. The first-order valence-corrected chi connectivity index (χ1v) is 4.32. The lowest BCUT2D eigenvalue weighted by Crippen LogP contribution is -2.00. The van der Waals surface area contributed by atoms with E-state index in [4.69, 9.17) is 7.29 Å². The Bertz CT molecular complexity index is 385. The van der Waals surface area contributed by atoms with Crippen LogP contribution in [-0.2, 0) is 15.8 Å². The minimum Gasteiger partial charge on any atom is -0.285 e. The Kier molecular flexibility index (Phi) is 1.58. The van der Waals surface area contributed by atoms with Crippen LogP contribution < -0.4 is 0 Å². The van der Waals surface area contributed by atoms with Gasteiger partial charge in [-0.25, -0.2) is 0 Å². The average Bonchev–Trinajstić information content (AvgIpc) is 2.04.